The van der Waals surface area contributed by atoms with E-state index < -0.39 is 0 Å². The Hall–Kier alpha value is -2.74. The molecule has 0 saturated carbocycles. The van der Waals surface area contributed by atoms with Gasteiger partial charge in [0.05, 0.1) is 29.1 Å². The van der Waals surface area contributed by atoms with Crippen LogP contribution in [0.15, 0.2) is 18.3 Å². The Morgan fingerprint density at radius 2 is 2.04 bits per heavy atom. The molecule has 27 heavy (non-hydrogen) atoms. The van der Waals surface area contributed by atoms with Gasteiger partial charge in [0.2, 0.25) is 0 Å². The van der Waals surface area contributed by atoms with Crippen molar-refractivity contribution in [3.05, 3.63) is 40.0 Å². The molecule has 3 heterocycles. The molecular formula is C19H22N4O3S. The van der Waals surface area contributed by atoms with Crippen LogP contribution >= 0.6 is 11.3 Å². The molecular weight excluding hydrogens is 364 g/mol. The second-order valence-electron chi connectivity index (χ2n) is 6.51. The van der Waals surface area contributed by atoms with Gasteiger partial charge in [-0.05, 0) is 52.3 Å². The summed E-state index contributed by atoms with van der Waals surface area (Å²) in [5.74, 6) is -0.642. The molecule has 0 aliphatic carbocycles. The summed E-state index contributed by atoms with van der Waals surface area (Å²) in [4.78, 5) is 29.8. The summed E-state index contributed by atoms with van der Waals surface area (Å²) in [6, 6.07) is 3.75. The zero-order valence-corrected chi connectivity index (χ0v) is 16.8. The molecule has 0 spiro atoms. The highest BCUT2D eigenvalue weighted by molar-refractivity contribution is 7.18. The number of nitrogens with one attached hydrogen (secondary N) is 1. The minimum absolute atomic E-state index is 0.185. The molecule has 1 N–H and O–H groups in total. The van der Waals surface area contributed by atoms with E-state index in [0.717, 1.165) is 16.6 Å². The van der Waals surface area contributed by atoms with Gasteiger partial charge >= 0.3 is 5.97 Å². The van der Waals surface area contributed by atoms with Gasteiger partial charge in [-0.2, -0.15) is 5.10 Å². The normalized spacial score (nSPS) is 11.2. The van der Waals surface area contributed by atoms with Crippen LogP contribution in [0.2, 0.25) is 0 Å². The highest BCUT2D eigenvalue weighted by Crippen LogP contribution is 2.28. The molecule has 3 aromatic rings. The molecule has 1 amide bonds. The predicted molar refractivity (Wildman–Crippen MR) is 106 cm³/mol. The Balaban J connectivity index is 1.87. The van der Waals surface area contributed by atoms with Crippen LogP contribution in [0.5, 0.6) is 0 Å². The average molecular weight is 386 g/mol. The zero-order valence-electron chi connectivity index (χ0n) is 16.0. The van der Waals surface area contributed by atoms with E-state index in [9.17, 15) is 9.59 Å². The number of hydrogen-bond acceptors (Lipinski definition) is 6. The molecule has 3 rings (SSSR count). The minimum Gasteiger partial charge on any atom is -0.462 e. The van der Waals surface area contributed by atoms with Crippen molar-refractivity contribution in [3.8, 4) is 0 Å². The minimum atomic E-state index is -0.374. The summed E-state index contributed by atoms with van der Waals surface area (Å²) in [5.41, 5.74) is 2.64. The van der Waals surface area contributed by atoms with Gasteiger partial charge in [0.25, 0.3) is 5.91 Å². The largest absolute Gasteiger partial charge is 0.462 e. The van der Waals surface area contributed by atoms with E-state index in [4.69, 9.17) is 4.74 Å². The second kappa shape index (κ2) is 7.48. The van der Waals surface area contributed by atoms with Crippen LogP contribution in [0, 0.1) is 13.8 Å². The third-order valence-electron chi connectivity index (χ3n) is 4.11. The molecule has 0 aliphatic heterocycles. The van der Waals surface area contributed by atoms with Gasteiger partial charge in [-0.1, -0.05) is 0 Å². The molecule has 0 aliphatic rings. The lowest BCUT2D eigenvalue weighted by atomic mass is 10.1. The topological polar surface area (TPSA) is 86.1 Å². The summed E-state index contributed by atoms with van der Waals surface area (Å²) >= 11 is 1.20. The van der Waals surface area contributed by atoms with Crippen LogP contribution in [-0.4, -0.2) is 33.2 Å². The van der Waals surface area contributed by atoms with Gasteiger partial charge in [0.15, 0.2) is 5.65 Å². The Kier molecular flexibility index (Phi) is 5.27. The smallest absolute Gasteiger partial charge is 0.348 e. The maximum Gasteiger partial charge on any atom is 0.348 e. The first-order chi connectivity index (χ1) is 12.8. The molecule has 0 atom stereocenters. The summed E-state index contributed by atoms with van der Waals surface area (Å²) in [6.45, 7) is 9.76. The number of ether oxygens (including phenoxy) is 1. The summed E-state index contributed by atoms with van der Waals surface area (Å²) in [6.07, 6.45) is 1.71. The summed E-state index contributed by atoms with van der Waals surface area (Å²) in [7, 11) is 0. The lowest BCUT2D eigenvalue weighted by Gasteiger charge is -2.09. The molecule has 3 aromatic heterocycles. The third-order valence-corrected chi connectivity index (χ3v) is 5.24. The molecule has 0 radical (unpaired) electrons. The number of nitrogens with zero attached hydrogens (tertiary/aromatic N) is 3. The molecule has 0 saturated heterocycles. The Labute approximate surface area is 161 Å². The van der Waals surface area contributed by atoms with Crippen molar-refractivity contribution >= 4 is 39.2 Å². The van der Waals surface area contributed by atoms with Crippen LogP contribution in [0.25, 0.3) is 11.0 Å². The lowest BCUT2D eigenvalue weighted by molar-refractivity contribution is 0.0531. The number of rotatable bonds is 5. The predicted octanol–water partition coefficient (Wildman–Crippen LogP) is 4.12. The number of carbonyl (C=O) groups is 2. The van der Waals surface area contributed by atoms with Crippen LogP contribution in [0.1, 0.15) is 58.1 Å². The number of fused-ring (bicyclic) bond motifs is 1. The second-order valence-corrected chi connectivity index (χ2v) is 7.57. The first-order valence-corrected chi connectivity index (χ1v) is 9.57. The zero-order chi connectivity index (χ0) is 19.7. The van der Waals surface area contributed by atoms with Crippen molar-refractivity contribution in [1.29, 1.82) is 0 Å². The van der Waals surface area contributed by atoms with Crippen molar-refractivity contribution in [2.75, 3.05) is 11.9 Å². The number of hydrogen-bond donors (Lipinski definition) is 1. The monoisotopic (exact) mass is 386 g/mol. The standard InChI is InChI=1S/C19H22N4O3S/c1-6-26-19(25)16-11(4)7-15(27-16)22-18(24)14-8-13-9-20-23(10(2)3)17(13)21-12(14)5/h7-10H,6H2,1-5H3,(H,22,24). The molecule has 0 fully saturated rings. The fourth-order valence-electron chi connectivity index (χ4n) is 2.80. The maximum absolute atomic E-state index is 12.7. The number of esters is 1. The molecule has 0 bridgehead atoms. The van der Waals surface area contributed by atoms with E-state index in [1.165, 1.54) is 11.3 Å². The lowest BCUT2D eigenvalue weighted by Crippen LogP contribution is -2.14. The maximum atomic E-state index is 12.7. The quantitative estimate of drug-likeness (QED) is 0.667. The van der Waals surface area contributed by atoms with Gasteiger partial charge in [0.1, 0.15) is 4.88 Å². The van der Waals surface area contributed by atoms with Crippen LogP contribution in [0.3, 0.4) is 0 Å². The van der Waals surface area contributed by atoms with Crippen molar-refractivity contribution in [3.63, 3.8) is 0 Å². The van der Waals surface area contributed by atoms with Crippen LogP contribution < -0.4 is 5.32 Å². The number of amides is 1. The molecule has 7 nitrogen and oxygen atoms in total. The van der Waals surface area contributed by atoms with Gasteiger partial charge < -0.3 is 10.1 Å². The highest BCUT2D eigenvalue weighted by atomic mass is 32.1. The summed E-state index contributed by atoms with van der Waals surface area (Å²) in [5, 5.41) is 8.61. The Morgan fingerprint density at radius 1 is 1.30 bits per heavy atom. The number of aromatic nitrogens is 3. The fraction of sp³-hybridized carbons (Fsp3) is 0.368. The molecule has 142 valence electrons. The number of thiophene rings is 1. The van der Waals surface area contributed by atoms with Gasteiger partial charge in [-0.3, -0.25) is 4.79 Å². The number of pyridine rings is 1. The van der Waals surface area contributed by atoms with Crippen LogP contribution in [0.4, 0.5) is 5.00 Å². The number of carbonyl (C=O) groups excluding carboxylic acids is 2. The van der Waals surface area contributed by atoms with Crippen molar-refractivity contribution < 1.29 is 14.3 Å². The van der Waals surface area contributed by atoms with E-state index in [1.54, 1.807) is 32.2 Å². The number of anilines is 1. The number of aryl methyl sites for hydroxylation is 2. The highest BCUT2D eigenvalue weighted by Gasteiger charge is 2.19. The van der Waals surface area contributed by atoms with Gasteiger partial charge in [-0.15, -0.1) is 11.3 Å². The first kappa shape index (κ1) is 19.0. The molecule has 0 unspecified atom stereocenters. The van der Waals surface area contributed by atoms with Gasteiger partial charge in [-0.25, -0.2) is 14.5 Å². The average Bonchev–Trinajstić information content (AvgIpc) is 3.17. The van der Waals surface area contributed by atoms with E-state index in [1.807, 2.05) is 25.5 Å². The fourth-order valence-corrected chi connectivity index (χ4v) is 3.76. The van der Waals surface area contributed by atoms with Crippen molar-refractivity contribution in [2.24, 2.45) is 0 Å². The molecule has 0 aromatic carbocycles. The van der Waals surface area contributed by atoms with E-state index in [-0.39, 0.29) is 17.9 Å². The summed E-state index contributed by atoms with van der Waals surface area (Å²) < 4.78 is 6.87. The van der Waals surface area contributed by atoms with Crippen LogP contribution in [-0.2, 0) is 4.74 Å². The van der Waals surface area contributed by atoms with Crippen molar-refractivity contribution in [2.45, 2.75) is 40.7 Å². The van der Waals surface area contributed by atoms with E-state index in [2.05, 4.69) is 15.4 Å². The first-order valence-electron chi connectivity index (χ1n) is 8.75. The molecule has 8 heteroatoms. The van der Waals surface area contributed by atoms with E-state index >= 15 is 0 Å². The van der Waals surface area contributed by atoms with Gasteiger partial charge in [0, 0.05) is 11.4 Å². The Bertz CT molecular complexity index is 1020. The SMILES string of the molecule is CCOC(=O)c1sc(NC(=O)c2cc3cnn(C(C)C)c3nc2C)cc1C. The third kappa shape index (κ3) is 3.71. The Morgan fingerprint density at radius 3 is 2.70 bits per heavy atom. The van der Waals surface area contributed by atoms with Crippen molar-refractivity contribution in [1.82, 2.24) is 14.8 Å². The van der Waals surface area contributed by atoms with E-state index in [0.29, 0.717) is 27.7 Å².